The van der Waals surface area contributed by atoms with Crippen LogP contribution in [0.4, 0.5) is 5.88 Å². The Kier molecular flexibility index (Phi) is 6.73. The second-order valence-electron chi connectivity index (χ2n) is 8.12. The fourth-order valence-corrected chi connectivity index (χ4v) is 3.07. The van der Waals surface area contributed by atoms with Crippen molar-refractivity contribution in [1.29, 1.82) is 5.41 Å². The maximum atomic E-state index is 12.8. The van der Waals surface area contributed by atoms with Gasteiger partial charge in [-0.15, -0.1) is 0 Å². The molecule has 3 aromatic rings. The molecule has 32 heavy (non-hydrogen) atoms. The maximum Gasteiger partial charge on any atom is 0.241 e. The van der Waals surface area contributed by atoms with Crippen LogP contribution in [0.1, 0.15) is 41.0 Å². The number of guanidine groups is 1. The van der Waals surface area contributed by atoms with Gasteiger partial charge in [0.1, 0.15) is 0 Å². The fraction of sp³-hybridized carbons (Fsp3) is 0.250. The number of carbonyl (C=O) groups excluding carboxylic acids is 2. The minimum absolute atomic E-state index is 0.00639. The minimum Gasteiger partial charge on any atom is -0.347 e. The van der Waals surface area contributed by atoms with E-state index in [9.17, 15) is 9.59 Å². The van der Waals surface area contributed by atoms with E-state index in [4.69, 9.17) is 9.93 Å². The molecule has 0 atom stereocenters. The lowest BCUT2D eigenvalue weighted by atomic mass is 9.80. The number of anilines is 1. The summed E-state index contributed by atoms with van der Waals surface area (Å²) in [6.45, 7) is 3.97. The Morgan fingerprint density at radius 1 is 1.03 bits per heavy atom. The van der Waals surface area contributed by atoms with Crippen LogP contribution in [0.5, 0.6) is 0 Å². The Balaban J connectivity index is 1.73. The van der Waals surface area contributed by atoms with E-state index in [2.05, 4.69) is 15.8 Å². The second-order valence-corrected chi connectivity index (χ2v) is 8.12. The van der Waals surface area contributed by atoms with Gasteiger partial charge < -0.3 is 14.7 Å². The van der Waals surface area contributed by atoms with Gasteiger partial charge in [-0.2, -0.15) is 0 Å². The largest absolute Gasteiger partial charge is 0.347 e. The van der Waals surface area contributed by atoms with Crippen LogP contribution in [0.15, 0.2) is 65.2 Å². The van der Waals surface area contributed by atoms with Crippen molar-refractivity contribution >= 4 is 23.5 Å². The zero-order valence-corrected chi connectivity index (χ0v) is 18.6. The average molecular weight is 434 g/mol. The van der Waals surface area contributed by atoms with Crippen molar-refractivity contribution in [3.05, 3.63) is 83.0 Å². The van der Waals surface area contributed by atoms with E-state index in [0.717, 1.165) is 5.56 Å². The number of benzene rings is 2. The predicted octanol–water partition coefficient (Wildman–Crippen LogP) is 3.26. The van der Waals surface area contributed by atoms with E-state index in [0.29, 0.717) is 16.8 Å². The van der Waals surface area contributed by atoms with Gasteiger partial charge in [-0.25, -0.2) is 0 Å². The number of hydrogen-bond acceptors (Lipinski definition) is 5. The number of hydrogen-bond donors (Lipinski definition) is 3. The molecule has 8 nitrogen and oxygen atoms in total. The predicted molar refractivity (Wildman–Crippen MR) is 123 cm³/mol. The van der Waals surface area contributed by atoms with Crippen LogP contribution in [-0.4, -0.2) is 48.3 Å². The summed E-state index contributed by atoms with van der Waals surface area (Å²) in [6, 6.07) is 18.3. The molecule has 3 rings (SSSR count). The minimum atomic E-state index is -0.549. The second kappa shape index (κ2) is 9.47. The third-order valence-corrected chi connectivity index (χ3v) is 5.20. The van der Waals surface area contributed by atoms with Crippen LogP contribution < -0.4 is 10.6 Å². The average Bonchev–Trinajstić information content (AvgIpc) is 3.26. The summed E-state index contributed by atoms with van der Waals surface area (Å²) in [7, 11) is 3.29. The van der Waals surface area contributed by atoms with Crippen LogP contribution in [0.3, 0.4) is 0 Å². The number of carbonyl (C=O) groups is 2. The number of nitrogens with one attached hydrogen (secondary N) is 3. The first-order valence-electron chi connectivity index (χ1n) is 10.2. The van der Waals surface area contributed by atoms with Crippen LogP contribution in [0.2, 0.25) is 0 Å². The van der Waals surface area contributed by atoms with Crippen molar-refractivity contribution in [3.8, 4) is 0 Å². The summed E-state index contributed by atoms with van der Waals surface area (Å²) in [6.07, 6.45) is 0. The number of rotatable bonds is 7. The molecule has 2 aromatic carbocycles. The maximum absolute atomic E-state index is 12.8. The highest BCUT2D eigenvalue weighted by Crippen LogP contribution is 2.32. The molecule has 1 heterocycles. The van der Waals surface area contributed by atoms with Gasteiger partial charge in [-0.3, -0.25) is 20.3 Å². The Hall–Kier alpha value is -3.94. The zero-order chi connectivity index (χ0) is 23.3. The Morgan fingerprint density at radius 3 is 2.41 bits per heavy atom. The lowest BCUT2D eigenvalue weighted by Gasteiger charge is -2.23. The number of nitrogens with zero attached hydrogens (tertiary/aromatic N) is 2. The highest BCUT2D eigenvalue weighted by atomic mass is 16.5. The standard InChI is InChI=1S/C24H27N5O3/c1-24(2,18-12-8-11-17(13-18)22(31)16-9-6-5-7-10-16)19-14-20(32-28-19)27-23(25)26-15-21(30)29(3)4/h5-14H,15H2,1-4H3,(H3,25,26,27). The third-order valence-electron chi connectivity index (χ3n) is 5.20. The summed E-state index contributed by atoms with van der Waals surface area (Å²) in [5.74, 6) is 0.00832. The number of likely N-dealkylation sites (N-methyl/N-ethyl adjacent to an activating group) is 1. The van der Waals surface area contributed by atoms with E-state index in [1.165, 1.54) is 4.90 Å². The molecule has 0 unspecified atom stereocenters. The molecule has 0 saturated heterocycles. The fourth-order valence-electron chi connectivity index (χ4n) is 3.07. The van der Waals surface area contributed by atoms with Crippen molar-refractivity contribution in [2.75, 3.05) is 26.0 Å². The number of aromatic nitrogens is 1. The van der Waals surface area contributed by atoms with Gasteiger partial charge in [-0.1, -0.05) is 67.5 Å². The van der Waals surface area contributed by atoms with Crippen molar-refractivity contribution in [3.63, 3.8) is 0 Å². The Labute approximate surface area is 187 Å². The molecule has 0 fully saturated rings. The Morgan fingerprint density at radius 2 is 1.72 bits per heavy atom. The SMILES string of the molecule is CN(C)C(=O)CNC(=N)Nc1cc(C(C)(C)c2cccc(C(=O)c3ccccc3)c2)no1. The van der Waals surface area contributed by atoms with Crippen LogP contribution in [0.25, 0.3) is 0 Å². The van der Waals surface area contributed by atoms with Crippen LogP contribution >= 0.6 is 0 Å². The van der Waals surface area contributed by atoms with E-state index in [1.807, 2.05) is 50.2 Å². The van der Waals surface area contributed by atoms with Crippen molar-refractivity contribution in [2.45, 2.75) is 19.3 Å². The quantitative estimate of drug-likeness (QED) is 0.300. The zero-order valence-electron chi connectivity index (χ0n) is 18.6. The first-order valence-corrected chi connectivity index (χ1v) is 10.2. The Bertz CT molecular complexity index is 1120. The molecule has 0 aliphatic rings. The van der Waals surface area contributed by atoms with Gasteiger partial charge in [0.05, 0.1) is 12.2 Å². The lowest BCUT2D eigenvalue weighted by Crippen LogP contribution is -2.38. The first kappa shape index (κ1) is 22.7. The molecule has 0 bridgehead atoms. The topological polar surface area (TPSA) is 111 Å². The van der Waals surface area contributed by atoms with Gasteiger partial charge in [0.2, 0.25) is 11.8 Å². The first-order chi connectivity index (χ1) is 15.2. The van der Waals surface area contributed by atoms with Gasteiger partial charge in [-0.05, 0) is 11.6 Å². The van der Waals surface area contributed by atoms with Crippen LogP contribution in [0, 0.1) is 5.41 Å². The normalized spacial score (nSPS) is 11.0. The van der Waals surface area contributed by atoms with Gasteiger partial charge in [0.25, 0.3) is 0 Å². The molecule has 1 amide bonds. The summed E-state index contributed by atoms with van der Waals surface area (Å²) in [5, 5.41) is 17.5. The van der Waals surface area contributed by atoms with E-state index in [-0.39, 0.29) is 30.1 Å². The molecular weight excluding hydrogens is 406 g/mol. The van der Waals surface area contributed by atoms with Crippen molar-refractivity contribution in [2.24, 2.45) is 0 Å². The summed E-state index contributed by atoms with van der Waals surface area (Å²) in [4.78, 5) is 25.9. The molecule has 0 radical (unpaired) electrons. The number of ketones is 1. The molecule has 1 aromatic heterocycles. The highest BCUT2D eigenvalue weighted by molar-refractivity contribution is 6.09. The molecule has 0 aliphatic heterocycles. The molecule has 3 N–H and O–H groups in total. The van der Waals surface area contributed by atoms with E-state index in [1.54, 1.807) is 38.4 Å². The van der Waals surface area contributed by atoms with E-state index >= 15 is 0 Å². The smallest absolute Gasteiger partial charge is 0.241 e. The van der Waals surface area contributed by atoms with Crippen LogP contribution in [-0.2, 0) is 10.2 Å². The molecule has 0 aliphatic carbocycles. The summed E-state index contributed by atoms with van der Waals surface area (Å²) < 4.78 is 5.34. The van der Waals surface area contributed by atoms with E-state index < -0.39 is 5.41 Å². The molecular formula is C24H27N5O3. The molecule has 0 saturated carbocycles. The van der Waals surface area contributed by atoms with Gasteiger partial charge in [0.15, 0.2) is 11.7 Å². The van der Waals surface area contributed by atoms with Crippen molar-refractivity contribution < 1.29 is 14.1 Å². The number of amides is 1. The monoisotopic (exact) mass is 433 g/mol. The van der Waals surface area contributed by atoms with Gasteiger partial charge >= 0.3 is 0 Å². The third kappa shape index (κ3) is 5.21. The van der Waals surface area contributed by atoms with Gasteiger partial charge in [0, 0.05) is 36.7 Å². The molecule has 0 spiro atoms. The summed E-state index contributed by atoms with van der Waals surface area (Å²) >= 11 is 0. The molecule has 8 heteroatoms. The molecule has 166 valence electrons. The van der Waals surface area contributed by atoms with Crippen molar-refractivity contribution in [1.82, 2.24) is 15.4 Å². The lowest BCUT2D eigenvalue weighted by molar-refractivity contribution is -0.127. The summed E-state index contributed by atoms with van der Waals surface area (Å²) in [5.41, 5.74) is 2.23. The highest BCUT2D eigenvalue weighted by Gasteiger charge is 2.28.